The van der Waals surface area contributed by atoms with E-state index >= 15 is 0 Å². The Labute approximate surface area is 164 Å². The Hall–Kier alpha value is -3.42. The molecule has 144 valence electrons. The van der Waals surface area contributed by atoms with Crippen molar-refractivity contribution in [2.24, 2.45) is 4.99 Å². The lowest BCUT2D eigenvalue weighted by Crippen LogP contribution is -2.52. The van der Waals surface area contributed by atoms with Gasteiger partial charge in [-0.05, 0) is 18.2 Å². The molecule has 1 N–H and O–H groups in total. The number of para-hydroxylation sites is 1. The molecule has 8 nitrogen and oxygen atoms in total. The molecule has 28 heavy (non-hydrogen) atoms. The van der Waals surface area contributed by atoms with Gasteiger partial charge in [-0.3, -0.25) is 4.99 Å². The minimum absolute atomic E-state index is 0.682. The zero-order valence-electron chi connectivity index (χ0n) is 15.9. The first-order chi connectivity index (χ1) is 13.8. The lowest BCUT2D eigenvalue weighted by molar-refractivity contribution is 0.370. The molecule has 0 spiro atoms. The second-order valence-electron chi connectivity index (χ2n) is 6.55. The molecule has 4 rings (SSSR count). The summed E-state index contributed by atoms with van der Waals surface area (Å²) in [6.45, 7) is 4.18. The Morgan fingerprint density at radius 1 is 1.04 bits per heavy atom. The van der Waals surface area contributed by atoms with E-state index in [0.717, 1.165) is 49.3 Å². The molecule has 3 aromatic rings. The predicted octanol–water partition coefficient (Wildman–Crippen LogP) is 1.56. The smallest absolute Gasteiger partial charge is 0.225 e. The fourth-order valence-electron chi connectivity index (χ4n) is 3.26. The molecule has 1 saturated heterocycles. The number of benzene rings is 1. The van der Waals surface area contributed by atoms with Crippen LogP contribution in [0.4, 0.5) is 5.95 Å². The number of nitrogens with one attached hydrogen (secondary N) is 1. The summed E-state index contributed by atoms with van der Waals surface area (Å²) in [5.74, 6) is 1.69. The number of piperazine rings is 1. The summed E-state index contributed by atoms with van der Waals surface area (Å²) in [6, 6.07) is 11.9. The van der Waals surface area contributed by atoms with Gasteiger partial charge in [0.05, 0.1) is 11.9 Å². The molecule has 0 aliphatic carbocycles. The Morgan fingerprint density at radius 3 is 2.50 bits per heavy atom. The second kappa shape index (κ2) is 8.51. The van der Waals surface area contributed by atoms with Crippen LogP contribution in [-0.2, 0) is 6.54 Å². The fourth-order valence-corrected chi connectivity index (χ4v) is 3.26. The third kappa shape index (κ3) is 4.11. The number of anilines is 1. The highest BCUT2D eigenvalue weighted by molar-refractivity contribution is 5.80. The first-order valence-electron chi connectivity index (χ1n) is 9.40. The lowest BCUT2D eigenvalue weighted by atomic mass is 10.3. The summed E-state index contributed by atoms with van der Waals surface area (Å²) in [5, 5.41) is 7.90. The summed E-state index contributed by atoms with van der Waals surface area (Å²) in [7, 11) is 1.82. The Bertz CT molecular complexity index is 898. The van der Waals surface area contributed by atoms with Crippen LogP contribution in [0.1, 0.15) is 5.56 Å². The monoisotopic (exact) mass is 376 g/mol. The normalized spacial score (nSPS) is 15.0. The van der Waals surface area contributed by atoms with E-state index in [9.17, 15) is 0 Å². The van der Waals surface area contributed by atoms with Crippen LogP contribution >= 0.6 is 0 Å². The van der Waals surface area contributed by atoms with Crippen LogP contribution in [0.3, 0.4) is 0 Å². The van der Waals surface area contributed by atoms with E-state index in [2.05, 4.69) is 35.2 Å². The highest BCUT2D eigenvalue weighted by atomic mass is 15.4. The van der Waals surface area contributed by atoms with Crippen molar-refractivity contribution in [3.8, 4) is 5.69 Å². The van der Waals surface area contributed by atoms with Crippen LogP contribution in [0, 0.1) is 0 Å². The summed E-state index contributed by atoms with van der Waals surface area (Å²) in [6.07, 6.45) is 7.49. The van der Waals surface area contributed by atoms with Gasteiger partial charge in [-0.15, -0.1) is 0 Å². The average molecular weight is 376 g/mol. The van der Waals surface area contributed by atoms with Crippen molar-refractivity contribution < 1.29 is 0 Å². The topological polar surface area (TPSA) is 74.5 Å². The molecule has 0 bridgehead atoms. The molecule has 0 saturated carbocycles. The van der Waals surface area contributed by atoms with Crippen molar-refractivity contribution in [3.63, 3.8) is 0 Å². The van der Waals surface area contributed by atoms with Crippen LogP contribution in [0.25, 0.3) is 5.69 Å². The maximum Gasteiger partial charge on any atom is 0.225 e. The fraction of sp³-hybridized carbons (Fsp3) is 0.300. The van der Waals surface area contributed by atoms with Crippen molar-refractivity contribution in [2.75, 3.05) is 38.1 Å². The van der Waals surface area contributed by atoms with E-state index in [1.165, 1.54) is 0 Å². The number of hydrogen-bond acceptors (Lipinski definition) is 5. The quantitative estimate of drug-likeness (QED) is 0.550. The van der Waals surface area contributed by atoms with Crippen LogP contribution in [0.2, 0.25) is 0 Å². The molecule has 2 aromatic heterocycles. The van der Waals surface area contributed by atoms with Crippen LogP contribution in [0.15, 0.2) is 66.2 Å². The molecule has 0 amide bonds. The minimum atomic E-state index is 0.682. The number of guanidine groups is 1. The van der Waals surface area contributed by atoms with E-state index in [1.807, 2.05) is 60.5 Å². The maximum absolute atomic E-state index is 4.45. The van der Waals surface area contributed by atoms with Crippen molar-refractivity contribution in [1.29, 1.82) is 0 Å². The van der Waals surface area contributed by atoms with E-state index in [-0.39, 0.29) is 0 Å². The largest absolute Gasteiger partial charge is 0.352 e. The number of rotatable bonds is 4. The van der Waals surface area contributed by atoms with E-state index < -0.39 is 0 Å². The van der Waals surface area contributed by atoms with Crippen molar-refractivity contribution >= 4 is 11.9 Å². The van der Waals surface area contributed by atoms with Crippen LogP contribution < -0.4 is 10.2 Å². The molecular formula is C20H24N8. The molecule has 8 heteroatoms. The van der Waals surface area contributed by atoms with Gasteiger partial charge in [-0.25, -0.2) is 14.6 Å². The second-order valence-corrected chi connectivity index (χ2v) is 6.55. The Morgan fingerprint density at radius 2 is 1.79 bits per heavy atom. The summed E-state index contributed by atoms with van der Waals surface area (Å²) >= 11 is 0. The lowest BCUT2D eigenvalue weighted by Gasteiger charge is -2.36. The summed E-state index contributed by atoms with van der Waals surface area (Å²) in [4.78, 5) is 17.6. The predicted molar refractivity (Wildman–Crippen MR) is 110 cm³/mol. The maximum atomic E-state index is 4.45. The number of aromatic nitrogens is 4. The number of hydrogen-bond donors (Lipinski definition) is 1. The van der Waals surface area contributed by atoms with E-state index in [0.29, 0.717) is 6.54 Å². The van der Waals surface area contributed by atoms with Crippen LogP contribution in [-0.4, -0.2) is 63.8 Å². The molecule has 1 aliphatic heterocycles. The van der Waals surface area contributed by atoms with Gasteiger partial charge in [0.15, 0.2) is 5.96 Å². The first kappa shape index (κ1) is 18.0. The molecule has 0 unspecified atom stereocenters. The molecule has 1 aromatic carbocycles. The zero-order valence-corrected chi connectivity index (χ0v) is 15.9. The van der Waals surface area contributed by atoms with E-state index in [1.54, 1.807) is 12.4 Å². The SMILES string of the molecule is CN=C(NCc1cnn(-c2ccccc2)c1)N1CCN(c2ncccn2)CC1. The number of nitrogens with zero attached hydrogens (tertiary/aromatic N) is 7. The van der Waals surface area contributed by atoms with Gasteiger partial charge in [0.25, 0.3) is 0 Å². The molecule has 0 atom stereocenters. The highest BCUT2D eigenvalue weighted by Gasteiger charge is 2.21. The van der Waals surface area contributed by atoms with Gasteiger partial charge in [0, 0.05) is 63.9 Å². The average Bonchev–Trinajstić information content (AvgIpc) is 3.25. The molecule has 0 radical (unpaired) electrons. The third-order valence-corrected chi connectivity index (χ3v) is 4.73. The van der Waals surface area contributed by atoms with Crippen molar-refractivity contribution in [2.45, 2.75) is 6.54 Å². The number of aliphatic imine (C=N–C) groups is 1. The zero-order chi connectivity index (χ0) is 19.2. The van der Waals surface area contributed by atoms with Crippen molar-refractivity contribution in [1.82, 2.24) is 30.0 Å². The third-order valence-electron chi connectivity index (χ3n) is 4.73. The van der Waals surface area contributed by atoms with E-state index in [4.69, 9.17) is 0 Å². The molecule has 1 aliphatic rings. The summed E-state index contributed by atoms with van der Waals surface area (Å²) in [5.41, 5.74) is 2.17. The molecule has 3 heterocycles. The van der Waals surface area contributed by atoms with Gasteiger partial charge in [0.2, 0.25) is 5.95 Å². The van der Waals surface area contributed by atoms with Gasteiger partial charge in [0.1, 0.15) is 0 Å². The van der Waals surface area contributed by atoms with Gasteiger partial charge >= 0.3 is 0 Å². The first-order valence-corrected chi connectivity index (χ1v) is 9.40. The Balaban J connectivity index is 1.32. The standard InChI is InChI=1S/C20H24N8/c1-21-19(26-10-12-27(13-11-26)20-22-8-5-9-23-20)24-14-17-15-25-28(16-17)18-6-3-2-4-7-18/h2-9,15-16H,10-14H2,1H3,(H,21,24). The van der Waals surface area contributed by atoms with Crippen molar-refractivity contribution in [3.05, 3.63) is 66.7 Å². The van der Waals surface area contributed by atoms with Gasteiger partial charge < -0.3 is 15.1 Å². The Kier molecular flexibility index (Phi) is 5.46. The van der Waals surface area contributed by atoms with Crippen LogP contribution in [0.5, 0.6) is 0 Å². The highest BCUT2D eigenvalue weighted by Crippen LogP contribution is 2.11. The van der Waals surface area contributed by atoms with Gasteiger partial charge in [-0.1, -0.05) is 18.2 Å². The minimum Gasteiger partial charge on any atom is -0.352 e. The molecule has 1 fully saturated rings. The molecular weight excluding hydrogens is 352 g/mol. The summed E-state index contributed by atoms with van der Waals surface area (Å²) < 4.78 is 1.89. The van der Waals surface area contributed by atoms with Gasteiger partial charge in [-0.2, -0.15) is 5.10 Å².